The number of hydrogen-bond acceptors (Lipinski definition) is 1. The molecule has 2 aromatic rings. The quantitative estimate of drug-likeness (QED) is 0.508. The van der Waals surface area contributed by atoms with Gasteiger partial charge in [-0.25, -0.2) is 0 Å². The van der Waals surface area contributed by atoms with Gasteiger partial charge < -0.3 is 5.02 Å². The summed E-state index contributed by atoms with van der Waals surface area (Å²) in [6, 6.07) is 0.577. The summed E-state index contributed by atoms with van der Waals surface area (Å²) in [7, 11) is 0. The smallest absolute Gasteiger partial charge is 0.416 e. The van der Waals surface area contributed by atoms with Gasteiger partial charge in [0.25, 0.3) is 0 Å². The topological polar surface area (TPSA) is 20.2 Å². The molecule has 0 bridgehead atoms. The Kier molecular flexibility index (Phi) is 5.89. The molecule has 0 saturated heterocycles. The number of alkyl halides is 12. The van der Waals surface area contributed by atoms with Crippen LogP contribution in [0.4, 0.5) is 52.7 Å². The van der Waals surface area contributed by atoms with Crippen LogP contribution in [0.5, 0.6) is 0 Å². The molecule has 2 aromatic carbocycles. The minimum atomic E-state index is -5.62. The Balaban J connectivity index is 3.00. The van der Waals surface area contributed by atoms with Crippen molar-refractivity contribution in [2.24, 2.45) is 0 Å². The highest BCUT2D eigenvalue weighted by molar-refractivity contribution is 6.80. The molecular formula is C16H7BF12O. The van der Waals surface area contributed by atoms with Gasteiger partial charge in [0.05, 0.1) is 22.3 Å². The minimum Gasteiger partial charge on any atom is -0.443 e. The summed E-state index contributed by atoms with van der Waals surface area (Å²) in [6.07, 6.45) is -22.5. The highest BCUT2D eigenvalue weighted by Gasteiger charge is 2.49. The first-order valence-electron chi connectivity index (χ1n) is 7.59. The van der Waals surface area contributed by atoms with Gasteiger partial charge in [-0.1, -0.05) is 36.4 Å². The predicted molar refractivity (Wildman–Crippen MR) is 80.1 cm³/mol. The van der Waals surface area contributed by atoms with E-state index in [-0.39, 0.29) is 36.4 Å². The second-order valence-corrected chi connectivity index (χ2v) is 5.93. The summed E-state index contributed by atoms with van der Waals surface area (Å²) >= 11 is 0. The van der Waals surface area contributed by atoms with E-state index in [1.807, 2.05) is 0 Å². The molecule has 0 heterocycles. The lowest BCUT2D eigenvalue weighted by Crippen LogP contribution is -2.53. The summed E-state index contributed by atoms with van der Waals surface area (Å²) in [5.41, 5.74) is -13.2. The molecule has 0 aliphatic carbocycles. The zero-order valence-electron chi connectivity index (χ0n) is 14.0. The van der Waals surface area contributed by atoms with Crippen LogP contribution in [0, 0.1) is 0 Å². The van der Waals surface area contributed by atoms with Crippen molar-refractivity contribution >= 4 is 17.8 Å². The third-order valence-electron chi connectivity index (χ3n) is 3.98. The zero-order chi connectivity index (χ0) is 23.3. The van der Waals surface area contributed by atoms with Gasteiger partial charge >= 0.3 is 31.6 Å². The van der Waals surface area contributed by atoms with E-state index in [9.17, 15) is 57.7 Å². The molecule has 0 saturated carbocycles. The van der Waals surface area contributed by atoms with Crippen LogP contribution in [0.2, 0.25) is 0 Å². The van der Waals surface area contributed by atoms with E-state index in [1.165, 1.54) is 0 Å². The van der Waals surface area contributed by atoms with Gasteiger partial charge in [-0.3, -0.25) is 0 Å². The molecule has 0 aliphatic heterocycles. The monoisotopic (exact) mass is 454 g/mol. The Bertz CT molecular complexity index is 784. The molecule has 2 rings (SSSR count). The van der Waals surface area contributed by atoms with Crippen molar-refractivity contribution in [2.45, 2.75) is 24.7 Å². The van der Waals surface area contributed by atoms with Crippen molar-refractivity contribution in [1.29, 1.82) is 0 Å². The van der Waals surface area contributed by atoms with Gasteiger partial charge in [0, 0.05) is 0 Å². The molecule has 30 heavy (non-hydrogen) atoms. The first-order chi connectivity index (χ1) is 13.4. The standard InChI is InChI=1S/C16H7BF12O/c18-13(19,20)7-3-1-4-8(14(21,22)23)11(7)17(30)12-9(15(24,25)26)5-2-6-10(12)16(27,28)29/h1-6,30H. The molecule has 164 valence electrons. The molecule has 0 atom stereocenters. The number of benzene rings is 2. The van der Waals surface area contributed by atoms with E-state index in [0.29, 0.717) is 0 Å². The van der Waals surface area contributed by atoms with Crippen molar-refractivity contribution in [3.8, 4) is 0 Å². The van der Waals surface area contributed by atoms with Crippen LogP contribution in [0.25, 0.3) is 0 Å². The first-order valence-corrected chi connectivity index (χ1v) is 7.59. The molecule has 1 N–H and O–H groups in total. The Morgan fingerprint density at radius 1 is 0.467 bits per heavy atom. The number of rotatable bonds is 2. The largest absolute Gasteiger partial charge is 0.443 e. The maximum atomic E-state index is 13.2. The molecule has 0 aromatic heterocycles. The summed E-state index contributed by atoms with van der Waals surface area (Å²) in [6.45, 7) is -3.55. The average molecular weight is 454 g/mol. The van der Waals surface area contributed by atoms with Crippen molar-refractivity contribution in [3.05, 3.63) is 58.7 Å². The van der Waals surface area contributed by atoms with Crippen molar-refractivity contribution < 1.29 is 57.7 Å². The van der Waals surface area contributed by atoms with Crippen molar-refractivity contribution in [3.63, 3.8) is 0 Å². The molecule has 0 spiro atoms. The first kappa shape index (κ1) is 23.9. The normalized spacial score (nSPS) is 13.5. The molecule has 0 unspecified atom stereocenters. The third kappa shape index (κ3) is 4.68. The number of halogens is 12. The molecule has 14 heteroatoms. The van der Waals surface area contributed by atoms with Crippen LogP contribution in [0.1, 0.15) is 22.3 Å². The molecular weight excluding hydrogens is 447 g/mol. The highest BCUT2D eigenvalue weighted by Crippen LogP contribution is 2.37. The maximum Gasteiger partial charge on any atom is 0.416 e. The van der Waals surface area contributed by atoms with E-state index in [2.05, 4.69) is 0 Å². The van der Waals surface area contributed by atoms with Gasteiger partial charge in [0.15, 0.2) is 0 Å². The number of hydrogen-bond donors (Lipinski definition) is 1. The molecule has 0 amide bonds. The predicted octanol–water partition coefficient (Wildman–Crippen LogP) is 4.86. The summed E-state index contributed by atoms with van der Waals surface area (Å²) in [5, 5.41) is 10.2. The SMILES string of the molecule is OB(c1c(C(F)(F)F)cccc1C(F)(F)F)c1c(C(F)(F)F)cccc1C(F)(F)F. The van der Waals surface area contributed by atoms with Gasteiger partial charge in [-0.15, -0.1) is 0 Å². The fraction of sp³-hybridized carbons (Fsp3) is 0.250. The van der Waals surface area contributed by atoms with Crippen LogP contribution in [0.3, 0.4) is 0 Å². The second-order valence-electron chi connectivity index (χ2n) is 5.93. The highest BCUT2D eigenvalue weighted by atomic mass is 19.4. The summed E-state index contributed by atoms with van der Waals surface area (Å²) in [4.78, 5) is 0. The van der Waals surface area contributed by atoms with Gasteiger partial charge in [0.1, 0.15) is 0 Å². The molecule has 0 radical (unpaired) electrons. The fourth-order valence-corrected chi connectivity index (χ4v) is 2.85. The maximum absolute atomic E-state index is 13.2. The fourth-order valence-electron chi connectivity index (χ4n) is 2.85. The van der Waals surface area contributed by atoms with E-state index >= 15 is 0 Å². The Morgan fingerprint density at radius 2 is 0.667 bits per heavy atom. The molecule has 1 nitrogen and oxygen atoms in total. The van der Waals surface area contributed by atoms with Crippen LogP contribution in [-0.4, -0.2) is 11.9 Å². The second kappa shape index (κ2) is 7.39. The third-order valence-corrected chi connectivity index (χ3v) is 3.98. The van der Waals surface area contributed by atoms with E-state index in [4.69, 9.17) is 0 Å². The Labute approximate surface area is 160 Å². The Hall–Kier alpha value is -2.38. The van der Waals surface area contributed by atoms with E-state index < -0.39 is 64.8 Å². The lowest BCUT2D eigenvalue weighted by molar-refractivity contribution is -0.142. The molecule has 0 fully saturated rings. The van der Waals surface area contributed by atoms with Crippen LogP contribution >= 0.6 is 0 Å². The average Bonchev–Trinajstić information content (AvgIpc) is 2.56. The minimum absolute atomic E-state index is 0.0112. The van der Waals surface area contributed by atoms with Crippen molar-refractivity contribution in [2.75, 3.05) is 0 Å². The summed E-state index contributed by atoms with van der Waals surface area (Å²) < 4.78 is 159. The van der Waals surface area contributed by atoms with Gasteiger partial charge in [0.2, 0.25) is 0 Å². The van der Waals surface area contributed by atoms with Gasteiger partial charge in [-0.2, -0.15) is 52.7 Å². The van der Waals surface area contributed by atoms with Crippen LogP contribution in [0.15, 0.2) is 36.4 Å². The van der Waals surface area contributed by atoms with E-state index in [0.717, 1.165) is 0 Å². The zero-order valence-corrected chi connectivity index (χ0v) is 14.0. The van der Waals surface area contributed by atoms with Crippen LogP contribution < -0.4 is 10.9 Å². The van der Waals surface area contributed by atoms with Crippen molar-refractivity contribution in [1.82, 2.24) is 0 Å². The lowest BCUT2D eigenvalue weighted by Gasteiger charge is -2.25. The van der Waals surface area contributed by atoms with E-state index in [1.54, 1.807) is 0 Å². The lowest BCUT2D eigenvalue weighted by atomic mass is 9.50. The van der Waals surface area contributed by atoms with Gasteiger partial charge in [-0.05, 0) is 10.9 Å². The van der Waals surface area contributed by atoms with Crippen LogP contribution in [-0.2, 0) is 24.7 Å². The Morgan fingerprint density at radius 3 is 0.833 bits per heavy atom. The summed E-state index contributed by atoms with van der Waals surface area (Å²) in [5.74, 6) is 0. The molecule has 0 aliphatic rings.